The van der Waals surface area contributed by atoms with E-state index in [1.54, 1.807) is 6.07 Å². The molecule has 3 aromatic rings. The molecule has 0 aliphatic heterocycles. The van der Waals surface area contributed by atoms with Crippen molar-refractivity contribution in [2.24, 2.45) is 0 Å². The average molecular weight is 362 g/mol. The van der Waals surface area contributed by atoms with Gasteiger partial charge in [0.25, 0.3) is 0 Å². The summed E-state index contributed by atoms with van der Waals surface area (Å²) < 4.78 is 0.838. The van der Waals surface area contributed by atoms with Gasteiger partial charge in [0.15, 0.2) is 0 Å². The van der Waals surface area contributed by atoms with Crippen molar-refractivity contribution in [2.75, 3.05) is 0 Å². The summed E-state index contributed by atoms with van der Waals surface area (Å²) in [4.78, 5) is 0. The van der Waals surface area contributed by atoms with E-state index in [4.69, 9.17) is 11.6 Å². The van der Waals surface area contributed by atoms with Gasteiger partial charge in [0.2, 0.25) is 0 Å². The average Bonchev–Trinajstić information content (AvgIpc) is 2.50. The highest BCUT2D eigenvalue weighted by Crippen LogP contribution is 2.29. The van der Waals surface area contributed by atoms with Gasteiger partial charge in [-0.2, -0.15) is 0 Å². The van der Waals surface area contributed by atoms with Gasteiger partial charge < -0.3 is 5.11 Å². The maximum absolute atomic E-state index is 10.5. The van der Waals surface area contributed by atoms with Crippen molar-refractivity contribution >= 4 is 38.3 Å². The smallest absolute Gasteiger partial charge is 0.0831 e. The van der Waals surface area contributed by atoms with Gasteiger partial charge in [-0.25, -0.2) is 0 Å². The SMILES string of the molecule is OC(Cc1cccc2ccccc12)c1ccc(Br)c(Cl)c1. The van der Waals surface area contributed by atoms with E-state index in [1.807, 2.05) is 30.3 Å². The summed E-state index contributed by atoms with van der Waals surface area (Å²) in [5.41, 5.74) is 1.97. The van der Waals surface area contributed by atoms with Crippen molar-refractivity contribution in [2.45, 2.75) is 12.5 Å². The first-order valence-electron chi connectivity index (χ1n) is 6.75. The molecule has 1 atom stereocenters. The van der Waals surface area contributed by atoms with Crippen LogP contribution in [0.5, 0.6) is 0 Å². The molecular weight excluding hydrogens is 348 g/mol. The molecular formula is C18H14BrClO. The predicted molar refractivity (Wildman–Crippen MR) is 91.8 cm³/mol. The molecule has 3 aromatic carbocycles. The lowest BCUT2D eigenvalue weighted by atomic mass is 9.97. The van der Waals surface area contributed by atoms with Gasteiger partial charge in [-0.05, 0) is 50.0 Å². The van der Waals surface area contributed by atoms with Gasteiger partial charge in [-0.1, -0.05) is 60.1 Å². The second-order valence-electron chi connectivity index (χ2n) is 5.03. The Hall–Kier alpha value is -1.35. The van der Waals surface area contributed by atoms with Gasteiger partial charge in [0, 0.05) is 10.9 Å². The molecule has 0 aliphatic rings. The molecule has 0 radical (unpaired) electrons. The van der Waals surface area contributed by atoms with Crippen molar-refractivity contribution in [3.05, 3.63) is 81.3 Å². The van der Waals surface area contributed by atoms with E-state index in [-0.39, 0.29) is 0 Å². The molecule has 0 aromatic heterocycles. The van der Waals surface area contributed by atoms with Crippen LogP contribution in [-0.4, -0.2) is 5.11 Å². The van der Waals surface area contributed by atoms with E-state index in [1.165, 1.54) is 10.8 Å². The summed E-state index contributed by atoms with van der Waals surface area (Å²) in [5, 5.41) is 13.5. The van der Waals surface area contributed by atoms with Crippen LogP contribution in [0, 0.1) is 0 Å². The van der Waals surface area contributed by atoms with E-state index < -0.39 is 6.10 Å². The Kier molecular flexibility index (Phi) is 4.29. The minimum atomic E-state index is -0.568. The molecule has 0 aliphatic carbocycles. The van der Waals surface area contributed by atoms with Crippen molar-refractivity contribution in [3.8, 4) is 0 Å². The highest BCUT2D eigenvalue weighted by Gasteiger charge is 2.12. The lowest BCUT2D eigenvalue weighted by Gasteiger charge is -2.14. The molecule has 0 fully saturated rings. The van der Waals surface area contributed by atoms with E-state index in [0.717, 1.165) is 15.6 Å². The number of fused-ring (bicyclic) bond motifs is 1. The Morgan fingerprint density at radius 3 is 2.57 bits per heavy atom. The second-order valence-corrected chi connectivity index (χ2v) is 6.29. The summed E-state index contributed by atoms with van der Waals surface area (Å²) in [5.74, 6) is 0. The summed E-state index contributed by atoms with van der Waals surface area (Å²) in [7, 11) is 0. The number of rotatable bonds is 3. The molecule has 0 heterocycles. The van der Waals surface area contributed by atoms with E-state index in [9.17, 15) is 5.11 Å². The predicted octanol–water partition coefficient (Wildman–Crippen LogP) is 5.53. The molecule has 1 unspecified atom stereocenters. The molecule has 1 N–H and O–H groups in total. The number of hydrogen-bond donors (Lipinski definition) is 1. The van der Waals surface area contributed by atoms with Crippen LogP contribution in [0.2, 0.25) is 5.02 Å². The molecule has 1 nitrogen and oxygen atoms in total. The standard InChI is InChI=1S/C18H14BrClO/c19-16-9-8-14(10-17(16)20)18(21)11-13-6-3-5-12-4-1-2-7-15(12)13/h1-10,18,21H,11H2. The van der Waals surface area contributed by atoms with Crippen LogP contribution in [0.1, 0.15) is 17.2 Å². The summed E-state index contributed by atoms with van der Waals surface area (Å²) in [6, 6.07) is 20.0. The highest BCUT2D eigenvalue weighted by molar-refractivity contribution is 9.10. The largest absolute Gasteiger partial charge is 0.388 e. The quantitative estimate of drug-likeness (QED) is 0.650. The fourth-order valence-electron chi connectivity index (χ4n) is 2.52. The second kappa shape index (κ2) is 6.18. The monoisotopic (exact) mass is 360 g/mol. The van der Waals surface area contributed by atoms with Gasteiger partial charge in [-0.15, -0.1) is 0 Å². The molecule has 21 heavy (non-hydrogen) atoms. The lowest BCUT2D eigenvalue weighted by molar-refractivity contribution is 0.179. The zero-order chi connectivity index (χ0) is 14.8. The van der Waals surface area contributed by atoms with Crippen LogP contribution in [-0.2, 0) is 6.42 Å². The Labute approximate surface area is 137 Å². The zero-order valence-corrected chi connectivity index (χ0v) is 13.6. The molecule has 106 valence electrons. The van der Waals surface area contributed by atoms with Gasteiger partial charge in [-0.3, -0.25) is 0 Å². The van der Waals surface area contributed by atoms with E-state index in [2.05, 4.69) is 40.2 Å². The van der Waals surface area contributed by atoms with Crippen molar-refractivity contribution in [3.63, 3.8) is 0 Å². The fraction of sp³-hybridized carbons (Fsp3) is 0.111. The summed E-state index contributed by atoms with van der Waals surface area (Å²) >= 11 is 9.46. The van der Waals surface area contributed by atoms with Crippen molar-refractivity contribution in [1.82, 2.24) is 0 Å². The summed E-state index contributed by atoms with van der Waals surface area (Å²) in [6.07, 6.45) is 0.000622. The van der Waals surface area contributed by atoms with Gasteiger partial charge >= 0.3 is 0 Å². The fourth-order valence-corrected chi connectivity index (χ4v) is 2.95. The molecule has 0 saturated heterocycles. The Morgan fingerprint density at radius 2 is 1.76 bits per heavy atom. The van der Waals surface area contributed by atoms with Crippen LogP contribution < -0.4 is 0 Å². The van der Waals surface area contributed by atoms with Crippen LogP contribution in [0.4, 0.5) is 0 Å². The molecule has 3 heteroatoms. The lowest BCUT2D eigenvalue weighted by Crippen LogP contribution is -2.02. The van der Waals surface area contributed by atoms with Gasteiger partial charge in [0.1, 0.15) is 0 Å². The van der Waals surface area contributed by atoms with E-state index in [0.29, 0.717) is 11.4 Å². The van der Waals surface area contributed by atoms with Crippen LogP contribution in [0.15, 0.2) is 65.1 Å². The first kappa shape index (κ1) is 14.6. The summed E-state index contributed by atoms with van der Waals surface area (Å²) in [6.45, 7) is 0. The molecule has 0 spiro atoms. The molecule has 0 bridgehead atoms. The minimum Gasteiger partial charge on any atom is -0.388 e. The Bertz CT molecular complexity index is 780. The number of benzene rings is 3. The molecule has 0 saturated carbocycles. The number of halogens is 2. The normalized spacial score (nSPS) is 12.5. The third-order valence-electron chi connectivity index (χ3n) is 3.62. The number of aliphatic hydroxyl groups excluding tert-OH is 1. The third kappa shape index (κ3) is 3.13. The molecule has 3 rings (SSSR count). The van der Waals surface area contributed by atoms with Gasteiger partial charge in [0.05, 0.1) is 11.1 Å². The first-order valence-corrected chi connectivity index (χ1v) is 7.92. The zero-order valence-electron chi connectivity index (χ0n) is 11.3. The Morgan fingerprint density at radius 1 is 1.00 bits per heavy atom. The van der Waals surface area contributed by atoms with Crippen molar-refractivity contribution < 1.29 is 5.11 Å². The van der Waals surface area contributed by atoms with Crippen LogP contribution in [0.3, 0.4) is 0 Å². The first-order chi connectivity index (χ1) is 10.1. The number of hydrogen-bond acceptors (Lipinski definition) is 1. The van der Waals surface area contributed by atoms with Crippen LogP contribution in [0.25, 0.3) is 10.8 Å². The van der Waals surface area contributed by atoms with Crippen molar-refractivity contribution in [1.29, 1.82) is 0 Å². The topological polar surface area (TPSA) is 20.2 Å². The van der Waals surface area contributed by atoms with Crippen LogP contribution >= 0.6 is 27.5 Å². The maximum Gasteiger partial charge on any atom is 0.0831 e. The Balaban J connectivity index is 1.92. The minimum absolute atomic E-state index is 0.568. The maximum atomic E-state index is 10.5. The molecule has 0 amide bonds. The number of aliphatic hydroxyl groups is 1. The highest BCUT2D eigenvalue weighted by atomic mass is 79.9. The van der Waals surface area contributed by atoms with E-state index >= 15 is 0 Å². The third-order valence-corrected chi connectivity index (χ3v) is 4.85.